The minimum atomic E-state index is -0.821. The van der Waals surface area contributed by atoms with Crippen LogP contribution < -0.4 is 10.1 Å². The molecule has 2 N–H and O–H groups in total. The van der Waals surface area contributed by atoms with Crippen molar-refractivity contribution in [1.29, 1.82) is 0 Å². The van der Waals surface area contributed by atoms with Gasteiger partial charge >= 0.3 is 0 Å². The van der Waals surface area contributed by atoms with E-state index in [9.17, 15) is 14.3 Å². The van der Waals surface area contributed by atoms with Gasteiger partial charge in [0.25, 0.3) is 0 Å². The number of rotatable bonds is 7. The summed E-state index contributed by atoms with van der Waals surface area (Å²) in [6.45, 7) is 3.81. The van der Waals surface area contributed by atoms with E-state index in [1.165, 1.54) is 24.3 Å². The molecule has 0 fully saturated rings. The highest BCUT2D eigenvalue weighted by atomic mass is 19.1. The molecule has 0 saturated heterocycles. The zero-order chi connectivity index (χ0) is 15.0. The van der Waals surface area contributed by atoms with E-state index in [0.717, 1.165) is 6.42 Å². The average molecular weight is 281 g/mol. The molecule has 1 aromatic rings. The molecule has 0 radical (unpaired) electrons. The summed E-state index contributed by atoms with van der Waals surface area (Å²) < 4.78 is 18.0. The monoisotopic (exact) mass is 281 g/mol. The second-order valence-electron chi connectivity index (χ2n) is 4.42. The van der Waals surface area contributed by atoms with E-state index in [2.05, 4.69) is 5.32 Å². The number of hydrogen-bond acceptors (Lipinski definition) is 3. The summed E-state index contributed by atoms with van der Waals surface area (Å²) in [6.07, 6.45) is 1.78. The van der Waals surface area contributed by atoms with Crippen LogP contribution in [-0.4, -0.2) is 30.3 Å². The van der Waals surface area contributed by atoms with Gasteiger partial charge in [0.1, 0.15) is 24.3 Å². The van der Waals surface area contributed by atoms with Gasteiger partial charge in [-0.25, -0.2) is 4.39 Å². The summed E-state index contributed by atoms with van der Waals surface area (Å²) in [5.41, 5.74) is 0.624. The van der Waals surface area contributed by atoms with Gasteiger partial charge in [-0.15, -0.1) is 0 Å². The predicted octanol–water partition coefficient (Wildman–Crippen LogP) is 2.04. The molecule has 0 aliphatic carbocycles. The van der Waals surface area contributed by atoms with Crippen molar-refractivity contribution in [2.24, 2.45) is 0 Å². The quantitative estimate of drug-likeness (QED) is 0.752. The Bertz CT molecular complexity index is 457. The highest BCUT2D eigenvalue weighted by molar-refractivity contribution is 5.92. The number of carbonyl (C=O) groups is 1. The Morgan fingerprint density at radius 1 is 1.45 bits per heavy atom. The zero-order valence-corrected chi connectivity index (χ0v) is 11.7. The van der Waals surface area contributed by atoms with Gasteiger partial charge in [0, 0.05) is 12.1 Å². The number of halogens is 1. The maximum absolute atomic E-state index is 12.7. The van der Waals surface area contributed by atoms with Crippen molar-refractivity contribution in [3.63, 3.8) is 0 Å². The van der Waals surface area contributed by atoms with Gasteiger partial charge in [-0.1, -0.05) is 13.0 Å². The molecule has 1 rings (SSSR count). The molecular weight excluding hydrogens is 261 g/mol. The van der Waals surface area contributed by atoms with Crippen LogP contribution in [-0.2, 0) is 4.79 Å². The van der Waals surface area contributed by atoms with Gasteiger partial charge in [-0.05, 0) is 37.6 Å². The van der Waals surface area contributed by atoms with Crippen molar-refractivity contribution < 1.29 is 19.0 Å². The maximum atomic E-state index is 12.7. The molecule has 5 heteroatoms. The fourth-order valence-corrected chi connectivity index (χ4v) is 1.53. The third kappa shape index (κ3) is 5.84. The highest BCUT2D eigenvalue weighted by Crippen LogP contribution is 2.11. The topological polar surface area (TPSA) is 58.6 Å². The molecule has 4 nitrogen and oxygen atoms in total. The summed E-state index contributed by atoms with van der Waals surface area (Å²) in [7, 11) is 0. The molecule has 20 heavy (non-hydrogen) atoms. The Hall–Kier alpha value is -1.88. The van der Waals surface area contributed by atoms with Gasteiger partial charge in [-0.3, -0.25) is 4.79 Å². The van der Waals surface area contributed by atoms with Crippen molar-refractivity contribution in [2.45, 2.75) is 26.4 Å². The summed E-state index contributed by atoms with van der Waals surface area (Å²) in [5, 5.41) is 12.3. The van der Waals surface area contributed by atoms with E-state index in [1.54, 1.807) is 6.92 Å². The first-order valence-electron chi connectivity index (χ1n) is 6.54. The Morgan fingerprint density at radius 3 is 2.70 bits per heavy atom. The normalized spacial score (nSPS) is 12.9. The highest BCUT2D eigenvalue weighted by Gasteiger charge is 2.09. The van der Waals surface area contributed by atoms with Gasteiger partial charge in [0.05, 0.1) is 0 Å². The SMILES string of the molecule is CC/C=C(/C)C(=O)NCC(O)COc1ccc(F)cc1. The predicted molar refractivity (Wildman–Crippen MR) is 75.0 cm³/mol. The smallest absolute Gasteiger partial charge is 0.246 e. The second kappa shape index (κ2) is 8.32. The first-order valence-corrected chi connectivity index (χ1v) is 6.54. The first-order chi connectivity index (χ1) is 9.52. The Morgan fingerprint density at radius 2 is 2.10 bits per heavy atom. The number of benzene rings is 1. The first kappa shape index (κ1) is 16.2. The van der Waals surface area contributed by atoms with Gasteiger partial charge in [-0.2, -0.15) is 0 Å². The summed E-state index contributed by atoms with van der Waals surface area (Å²) in [4.78, 5) is 11.6. The lowest BCUT2D eigenvalue weighted by Crippen LogP contribution is -2.35. The molecule has 1 aromatic carbocycles. The lowest BCUT2D eigenvalue weighted by molar-refractivity contribution is -0.118. The third-order valence-electron chi connectivity index (χ3n) is 2.62. The molecule has 1 unspecified atom stereocenters. The molecule has 0 saturated carbocycles. The maximum Gasteiger partial charge on any atom is 0.246 e. The third-order valence-corrected chi connectivity index (χ3v) is 2.62. The number of aliphatic hydroxyl groups is 1. The molecule has 1 atom stereocenters. The minimum Gasteiger partial charge on any atom is -0.491 e. The van der Waals surface area contributed by atoms with Crippen LogP contribution in [0, 0.1) is 5.82 Å². The molecule has 0 bridgehead atoms. The Balaban J connectivity index is 2.30. The van der Waals surface area contributed by atoms with Crippen LogP contribution in [0.2, 0.25) is 0 Å². The summed E-state index contributed by atoms with van der Waals surface area (Å²) in [6, 6.07) is 5.52. The van der Waals surface area contributed by atoms with E-state index in [4.69, 9.17) is 4.74 Å². The molecule has 110 valence electrons. The molecule has 0 aromatic heterocycles. The number of carbonyl (C=O) groups excluding carboxylic acids is 1. The van der Waals surface area contributed by atoms with Gasteiger partial charge < -0.3 is 15.2 Å². The number of allylic oxidation sites excluding steroid dienone is 1. The second-order valence-corrected chi connectivity index (χ2v) is 4.42. The molecule has 0 aliphatic rings. The van der Waals surface area contributed by atoms with Crippen LogP contribution in [0.5, 0.6) is 5.75 Å². The largest absolute Gasteiger partial charge is 0.491 e. The number of nitrogens with one attached hydrogen (secondary N) is 1. The van der Waals surface area contributed by atoms with Crippen molar-refractivity contribution in [2.75, 3.05) is 13.2 Å². The molecule has 0 aliphatic heterocycles. The van der Waals surface area contributed by atoms with Gasteiger partial charge in [0.2, 0.25) is 5.91 Å². The molecule has 0 heterocycles. The van der Waals surface area contributed by atoms with E-state index in [1.807, 2.05) is 13.0 Å². The minimum absolute atomic E-state index is 0.0302. The van der Waals surface area contributed by atoms with Crippen molar-refractivity contribution >= 4 is 5.91 Å². The van der Waals surface area contributed by atoms with E-state index >= 15 is 0 Å². The fourth-order valence-electron chi connectivity index (χ4n) is 1.53. The van der Waals surface area contributed by atoms with Crippen LogP contribution in [0.1, 0.15) is 20.3 Å². The Kier molecular flexibility index (Phi) is 6.73. The molecule has 1 amide bonds. The number of ether oxygens (including phenoxy) is 1. The van der Waals surface area contributed by atoms with Crippen LogP contribution in [0.4, 0.5) is 4.39 Å². The standard InChI is InChI=1S/C15H20FNO3/c1-3-4-11(2)15(19)17-9-13(18)10-20-14-7-5-12(16)6-8-14/h4-8,13,18H,3,9-10H2,1-2H3,(H,17,19)/b11-4-. The fraction of sp³-hybridized carbons (Fsp3) is 0.400. The lowest BCUT2D eigenvalue weighted by Gasteiger charge is -2.13. The average Bonchev–Trinajstić information content (AvgIpc) is 2.44. The van der Waals surface area contributed by atoms with Crippen LogP contribution in [0.25, 0.3) is 0 Å². The van der Waals surface area contributed by atoms with E-state index in [0.29, 0.717) is 11.3 Å². The van der Waals surface area contributed by atoms with E-state index in [-0.39, 0.29) is 24.9 Å². The van der Waals surface area contributed by atoms with Crippen LogP contribution in [0.15, 0.2) is 35.9 Å². The van der Waals surface area contributed by atoms with E-state index < -0.39 is 6.10 Å². The zero-order valence-electron chi connectivity index (χ0n) is 11.7. The van der Waals surface area contributed by atoms with Crippen molar-refractivity contribution in [3.8, 4) is 5.75 Å². The van der Waals surface area contributed by atoms with Crippen LogP contribution in [0.3, 0.4) is 0 Å². The molecular formula is C15H20FNO3. The number of amides is 1. The Labute approximate surface area is 118 Å². The summed E-state index contributed by atoms with van der Waals surface area (Å²) in [5.74, 6) is -0.0742. The number of hydrogen-bond donors (Lipinski definition) is 2. The van der Waals surface area contributed by atoms with Gasteiger partial charge in [0.15, 0.2) is 0 Å². The summed E-state index contributed by atoms with van der Waals surface area (Å²) >= 11 is 0. The lowest BCUT2D eigenvalue weighted by atomic mass is 10.2. The van der Waals surface area contributed by atoms with Crippen LogP contribution >= 0.6 is 0 Å². The van der Waals surface area contributed by atoms with Crippen molar-refractivity contribution in [3.05, 3.63) is 41.7 Å². The van der Waals surface area contributed by atoms with Crippen molar-refractivity contribution in [1.82, 2.24) is 5.32 Å². The molecule has 0 spiro atoms. The number of aliphatic hydroxyl groups excluding tert-OH is 1.